The summed E-state index contributed by atoms with van der Waals surface area (Å²) in [5, 5.41) is 12.6. The summed E-state index contributed by atoms with van der Waals surface area (Å²) in [5.41, 5.74) is 1.89. The number of methoxy groups -OCH3 is 1. The summed E-state index contributed by atoms with van der Waals surface area (Å²) in [7, 11) is 1.57. The monoisotopic (exact) mass is 513 g/mol. The molecular formula is C25H19ClF3N5O2. The molecule has 1 aromatic heterocycles. The number of aromatic nitrogens is 2. The highest BCUT2D eigenvalue weighted by molar-refractivity contribution is 6.31. The minimum atomic E-state index is -1.16. The zero-order valence-electron chi connectivity index (χ0n) is 18.8. The molecule has 4 rings (SSSR count). The van der Waals surface area contributed by atoms with Crippen LogP contribution in [0.2, 0.25) is 5.02 Å². The number of anilines is 1. The van der Waals surface area contributed by atoms with Crippen molar-refractivity contribution in [3.05, 3.63) is 100 Å². The van der Waals surface area contributed by atoms with Crippen LogP contribution in [0.4, 0.5) is 19.0 Å². The average Bonchev–Trinajstić information content (AvgIpc) is 3.33. The van der Waals surface area contributed by atoms with Crippen molar-refractivity contribution in [1.82, 2.24) is 15.5 Å². The van der Waals surface area contributed by atoms with Gasteiger partial charge in [0.1, 0.15) is 11.6 Å². The van der Waals surface area contributed by atoms with Gasteiger partial charge in [0, 0.05) is 16.7 Å². The van der Waals surface area contributed by atoms with Crippen molar-refractivity contribution in [3.8, 4) is 17.0 Å². The van der Waals surface area contributed by atoms with E-state index in [1.807, 2.05) is 12.1 Å². The summed E-state index contributed by atoms with van der Waals surface area (Å²) in [4.78, 5) is 17.0. The number of nitrogens with zero attached hydrogens (tertiary/aromatic N) is 2. The Bertz CT molecular complexity index is 1420. The molecule has 3 N–H and O–H groups in total. The lowest BCUT2D eigenvalue weighted by Crippen LogP contribution is -2.36. The van der Waals surface area contributed by atoms with E-state index in [2.05, 4.69) is 25.8 Å². The molecule has 0 aliphatic rings. The number of carbonyl (C=O) groups is 1. The van der Waals surface area contributed by atoms with Gasteiger partial charge in [-0.05, 0) is 65.7 Å². The van der Waals surface area contributed by atoms with Crippen LogP contribution in [0.15, 0.2) is 71.7 Å². The van der Waals surface area contributed by atoms with Crippen molar-refractivity contribution >= 4 is 29.3 Å². The van der Waals surface area contributed by atoms with Crippen molar-refractivity contribution in [2.24, 2.45) is 4.99 Å². The fraction of sp³-hybridized carbons (Fsp3) is 0.0800. The lowest BCUT2D eigenvalue weighted by Gasteiger charge is -2.11. The molecule has 0 atom stereocenters. The Balaban J connectivity index is 1.57. The van der Waals surface area contributed by atoms with Gasteiger partial charge in [-0.2, -0.15) is 5.10 Å². The maximum Gasteiger partial charge on any atom is 0.258 e. The first-order valence-corrected chi connectivity index (χ1v) is 10.9. The van der Waals surface area contributed by atoms with Gasteiger partial charge in [-0.15, -0.1) is 0 Å². The van der Waals surface area contributed by atoms with Crippen molar-refractivity contribution in [1.29, 1.82) is 0 Å². The van der Waals surface area contributed by atoms with Crippen LogP contribution in [-0.2, 0) is 6.54 Å². The molecule has 3 aromatic carbocycles. The number of rotatable bonds is 6. The van der Waals surface area contributed by atoms with Gasteiger partial charge >= 0.3 is 0 Å². The number of hydrogen-bond donors (Lipinski definition) is 3. The van der Waals surface area contributed by atoms with Crippen LogP contribution in [0.25, 0.3) is 11.3 Å². The predicted molar refractivity (Wildman–Crippen MR) is 131 cm³/mol. The minimum Gasteiger partial charge on any atom is -0.497 e. The summed E-state index contributed by atoms with van der Waals surface area (Å²) < 4.78 is 45.4. The van der Waals surface area contributed by atoms with E-state index in [0.717, 1.165) is 29.8 Å². The van der Waals surface area contributed by atoms with Crippen LogP contribution in [0.1, 0.15) is 15.9 Å². The maximum absolute atomic E-state index is 13.6. The number of nitrogens with one attached hydrogen (secondary N) is 3. The fourth-order valence-electron chi connectivity index (χ4n) is 3.17. The van der Waals surface area contributed by atoms with Gasteiger partial charge in [-0.1, -0.05) is 17.7 Å². The zero-order valence-corrected chi connectivity index (χ0v) is 19.5. The lowest BCUT2D eigenvalue weighted by molar-refractivity contribution is 0.0976. The number of H-pyrrole nitrogens is 1. The molecule has 0 saturated heterocycles. The Labute approximate surface area is 209 Å². The number of guanidine groups is 1. The summed E-state index contributed by atoms with van der Waals surface area (Å²) in [6, 6.07) is 15.6. The number of aliphatic imine (C=N–C) groups is 1. The van der Waals surface area contributed by atoms with E-state index in [1.54, 1.807) is 25.3 Å². The molecule has 1 heterocycles. The van der Waals surface area contributed by atoms with E-state index in [4.69, 9.17) is 16.3 Å². The minimum absolute atomic E-state index is 0.0186. The van der Waals surface area contributed by atoms with Gasteiger partial charge in [0.25, 0.3) is 5.91 Å². The van der Waals surface area contributed by atoms with Gasteiger partial charge in [-0.3, -0.25) is 15.2 Å². The third-order valence-electron chi connectivity index (χ3n) is 5.06. The van der Waals surface area contributed by atoms with Gasteiger partial charge in [0.05, 0.1) is 19.3 Å². The van der Waals surface area contributed by atoms with E-state index >= 15 is 0 Å². The third-order valence-corrected chi connectivity index (χ3v) is 5.41. The van der Waals surface area contributed by atoms with E-state index < -0.39 is 23.4 Å². The summed E-state index contributed by atoms with van der Waals surface area (Å²) in [5.74, 6) is -2.51. The van der Waals surface area contributed by atoms with E-state index in [1.165, 1.54) is 12.1 Å². The second kappa shape index (κ2) is 11.0. The van der Waals surface area contributed by atoms with Gasteiger partial charge in [-0.25, -0.2) is 18.2 Å². The summed E-state index contributed by atoms with van der Waals surface area (Å²) in [6.45, 7) is -0.0186. The fourth-order valence-corrected chi connectivity index (χ4v) is 3.39. The van der Waals surface area contributed by atoms with Crippen LogP contribution >= 0.6 is 11.6 Å². The van der Waals surface area contributed by atoms with Crippen molar-refractivity contribution in [2.45, 2.75) is 6.54 Å². The molecule has 0 aliphatic carbocycles. The molecule has 0 aliphatic heterocycles. The summed E-state index contributed by atoms with van der Waals surface area (Å²) in [6.07, 6.45) is 0. The van der Waals surface area contributed by atoms with E-state index in [9.17, 15) is 18.0 Å². The maximum atomic E-state index is 13.6. The Hall–Kier alpha value is -4.31. The molecule has 36 heavy (non-hydrogen) atoms. The SMILES string of the molecule is COc1ccc(-c2cc(NC(=NCc3ccc(F)cc3Cl)NC(=O)c3ccc(F)c(F)c3)n[nH]2)cc1. The van der Waals surface area contributed by atoms with E-state index in [-0.39, 0.29) is 23.1 Å². The van der Waals surface area contributed by atoms with Crippen molar-refractivity contribution < 1.29 is 22.7 Å². The number of hydrogen-bond acceptors (Lipinski definition) is 4. The van der Waals surface area contributed by atoms with Crippen molar-refractivity contribution in [3.63, 3.8) is 0 Å². The van der Waals surface area contributed by atoms with Gasteiger partial charge in [0.2, 0.25) is 5.96 Å². The zero-order chi connectivity index (χ0) is 25.7. The molecule has 1 amide bonds. The first-order valence-electron chi connectivity index (χ1n) is 10.5. The highest BCUT2D eigenvalue weighted by Crippen LogP contribution is 2.23. The third kappa shape index (κ3) is 6.02. The van der Waals surface area contributed by atoms with Crippen LogP contribution in [0, 0.1) is 17.5 Å². The lowest BCUT2D eigenvalue weighted by atomic mass is 10.1. The number of carbonyl (C=O) groups excluding carboxylic acids is 1. The Morgan fingerprint density at radius 2 is 1.81 bits per heavy atom. The first-order chi connectivity index (χ1) is 17.3. The highest BCUT2D eigenvalue weighted by atomic mass is 35.5. The Morgan fingerprint density at radius 1 is 1.03 bits per heavy atom. The van der Waals surface area contributed by atoms with Gasteiger partial charge in [0.15, 0.2) is 17.5 Å². The topological polar surface area (TPSA) is 91.4 Å². The second-order valence-electron chi connectivity index (χ2n) is 7.50. The standard InChI is InChI=1S/C25H19ClF3N5O2/c1-36-18-7-3-14(4-8-18)22-12-23(34-33-22)31-25(30-13-16-2-6-17(27)11-19(16)26)32-24(35)15-5-9-20(28)21(29)10-15/h2-12H,13H2,1H3,(H3,30,31,32,33,34,35). The largest absolute Gasteiger partial charge is 0.497 e. The Morgan fingerprint density at radius 3 is 2.50 bits per heavy atom. The molecular weight excluding hydrogens is 495 g/mol. The number of amides is 1. The van der Waals surface area contributed by atoms with Crippen LogP contribution in [-0.4, -0.2) is 29.2 Å². The second-order valence-corrected chi connectivity index (χ2v) is 7.91. The quantitative estimate of drug-likeness (QED) is 0.233. The molecule has 0 spiro atoms. The number of halogens is 4. The average molecular weight is 514 g/mol. The summed E-state index contributed by atoms with van der Waals surface area (Å²) >= 11 is 6.08. The molecule has 0 unspecified atom stereocenters. The molecule has 0 saturated carbocycles. The van der Waals surface area contributed by atoms with Crippen LogP contribution in [0.5, 0.6) is 5.75 Å². The van der Waals surface area contributed by atoms with Crippen LogP contribution < -0.4 is 15.4 Å². The Kier molecular flexibility index (Phi) is 7.55. The molecule has 0 bridgehead atoms. The smallest absolute Gasteiger partial charge is 0.258 e. The number of benzene rings is 3. The van der Waals surface area contributed by atoms with Crippen LogP contribution in [0.3, 0.4) is 0 Å². The van der Waals surface area contributed by atoms with E-state index in [0.29, 0.717) is 22.8 Å². The molecule has 11 heteroatoms. The predicted octanol–water partition coefficient (Wildman–Crippen LogP) is 5.55. The van der Waals surface area contributed by atoms with Crippen molar-refractivity contribution in [2.75, 3.05) is 12.4 Å². The molecule has 184 valence electrons. The number of ether oxygens (including phenoxy) is 1. The number of aromatic amines is 1. The molecule has 7 nitrogen and oxygen atoms in total. The molecule has 0 fully saturated rings. The first kappa shape index (κ1) is 24.8. The highest BCUT2D eigenvalue weighted by Gasteiger charge is 2.14. The van der Waals surface area contributed by atoms with Gasteiger partial charge < -0.3 is 10.1 Å². The molecule has 0 radical (unpaired) electrons. The molecule has 4 aromatic rings. The normalized spacial score (nSPS) is 11.3.